The van der Waals surface area contributed by atoms with Gasteiger partial charge < -0.3 is 20.9 Å². The van der Waals surface area contributed by atoms with Crippen LogP contribution in [0.5, 0.6) is 0 Å². The highest BCUT2D eigenvalue weighted by atomic mass is 16.5. The molecule has 1 aliphatic carbocycles. The Morgan fingerprint density at radius 1 is 1.43 bits per heavy atom. The molecule has 1 rings (SSSR count). The summed E-state index contributed by atoms with van der Waals surface area (Å²) in [5.41, 5.74) is 6.18. The number of carbonyl (C=O) groups excluding carboxylic acids is 2. The van der Waals surface area contributed by atoms with Crippen molar-refractivity contribution in [1.29, 1.82) is 0 Å². The predicted octanol–water partition coefficient (Wildman–Crippen LogP) is 1.06. The minimum Gasteiger partial charge on any atom is -0.469 e. The van der Waals surface area contributed by atoms with E-state index in [9.17, 15) is 14.7 Å². The standard InChI is InChI=1S/C17H32N2O4/c1-5-6-12(10(2)9-19-11(3)20)7-13-15(18)8-14(16(13)21)17(22)23-4/h10,12-16,21H,5-9,18H2,1-4H3,(H,19,20)/t10?,12?,13-,14+,15-,16+/m1/s1. The smallest absolute Gasteiger partial charge is 0.311 e. The van der Waals surface area contributed by atoms with Crippen LogP contribution in [0.15, 0.2) is 0 Å². The lowest BCUT2D eigenvalue weighted by atomic mass is 9.80. The number of hydrogen-bond acceptors (Lipinski definition) is 5. The first-order chi connectivity index (χ1) is 10.8. The van der Waals surface area contributed by atoms with Gasteiger partial charge in [-0.25, -0.2) is 0 Å². The van der Waals surface area contributed by atoms with Crippen LogP contribution in [0.25, 0.3) is 0 Å². The number of nitrogens with one attached hydrogen (secondary N) is 1. The first-order valence-corrected chi connectivity index (χ1v) is 8.57. The van der Waals surface area contributed by atoms with Crippen molar-refractivity contribution in [3.05, 3.63) is 0 Å². The number of methoxy groups -OCH3 is 1. The van der Waals surface area contributed by atoms with Crippen molar-refractivity contribution in [1.82, 2.24) is 5.32 Å². The number of nitrogens with two attached hydrogens (primary N) is 1. The molecular weight excluding hydrogens is 296 g/mol. The molecule has 1 amide bonds. The zero-order chi connectivity index (χ0) is 17.6. The van der Waals surface area contributed by atoms with E-state index in [0.29, 0.717) is 24.8 Å². The minimum absolute atomic E-state index is 0.0320. The van der Waals surface area contributed by atoms with Crippen LogP contribution in [0, 0.1) is 23.7 Å². The second-order valence-electron chi connectivity index (χ2n) is 6.88. The molecule has 1 fully saturated rings. The molecule has 0 bridgehead atoms. The average Bonchev–Trinajstić information content (AvgIpc) is 2.79. The summed E-state index contributed by atoms with van der Waals surface area (Å²) in [7, 11) is 1.34. The second-order valence-corrected chi connectivity index (χ2v) is 6.88. The molecule has 2 unspecified atom stereocenters. The molecule has 1 aliphatic rings. The molecular formula is C17H32N2O4. The van der Waals surface area contributed by atoms with Crippen LogP contribution < -0.4 is 11.1 Å². The van der Waals surface area contributed by atoms with Gasteiger partial charge in [0.15, 0.2) is 0 Å². The molecule has 6 atom stereocenters. The number of ether oxygens (including phenoxy) is 1. The molecule has 0 heterocycles. The molecule has 0 aromatic carbocycles. The fourth-order valence-electron chi connectivity index (χ4n) is 3.69. The molecule has 134 valence electrons. The summed E-state index contributed by atoms with van der Waals surface area (Å²) >= 11 is 0. The Morgan fingerprint density at radius 3 is 2.61 bits per heavy atom. The van der Waals surface area contributed by atoms with Gasteiger partial charge in [0.05, 0.1) is 19.1 Å². The van der Waals surface area contributed by atoms with Gasteiger partial charge in [0.25, 0.3) is 0 Å². The third-order valence-electron chi connectivity index (χ3n) is 5.14. The van der Waals surface area contributed by atoms with Crippen molar-refractivity contribution in [3.8, 4) is 0 Å². The van der Waals surface area contributed by atoms with Gasteiger partial charge >= 0.3 is 5.97 Å². The molecule has 0 aromatic rings. The summed E-state index contributed by atoms with van der Waals surface area (Å²) < 4.78 is 4.76. The third kappa shape index (κ3) is 5.46. The lowest BCUT2D eigenvalue weighted by Gasteiger charge is -2.30. The van der Waals surface area contributed by atoms with E-state index >= 15 is 0 Å². The van der Waals surface area contributed by atoms with E-state index in [-0.39, 0.29) is 23.8 Å². The van der Waals surface area contributed by atoms with E-state index in [1.807, 2.05) is 0 Å². The van der Waals surface area contributed by atoms with E-state index in [2.05, 4.69) is 19.2 Å². The Bertz CT molecular complexity index is 402. The summed E-state index contributed by atoms with van der Waals surface area (Å²) in [6.45, 7) is 6.37. The number of rotatable bonds is 8. The van der Waals surface area contributed by atoms with Gasteiger partial charge in [-0.05, 0) is 24.7 Å². The Balaban J connectivity index is 2.71. The topological polar surface area (TPSA) is 102 Å². The van der Waals surface area contributed by atoms with Crippen molar-refractivity contribution < 1.29 is 19.4 Å². The second kappa shape index (κ2) is 9.23. The highest BCUT2D eigenvalue weighted by Gasteiger charge is 2.45. The molecule has 0 aliphatic heterocycles. The maximum absolute atomic E-state index is 11.8. The van der Waals surface area contributed by atoms with Crippen LogP contribution in [0.4, 0.5) is 0 Å². The molecule has 0 aromatic heterocycles. The van der Waals surface area contributed by atoms with Crippen LogP contribution in [0.1, 0.15) is 46.5 Å². The van der Waals surface area contributed by atoms with Crippen molar-refractivity contribution in [2.75, 3.05) is 13.7 Å². The number of amides is 1. The number of aliphatic hydroxyl groups is 1. The summed E-state index contributed by atoms with van der Waals surface area (Å²) in [4.78, 5) is 22.9. The van der Waals surface area contributed by atoms with E-state index < -0.39 is 12.0 Å². The summed E-state index contributed by atoms with van der Waals surface area (Å²) in [6, 6.07) is -0.193. The number of carbonyl (C=O) groups is 2. The Kier molecular flexibility index (Phi) is 7.99. The van der Waals surface area contributed by atoms with E-state index in [0.717, 1.165) is 19.3 Å². The zero-order valence-corrected chi connectivity index (χ0v) is 14.7. The predicted molar refractivity (Wildman–Crippen MR) is 88.5 cm³/mol. The van der Waals surface area contributed by atoms with Crippen molar-refractivity contribution in [2.45, 2.75) is 58.6 Å². The van der Waals surface area contributed by atoms with Crippen LogP contribution in [0.2, 0.25) is 0 Å². The third-order valence-corrected chi connectivity index (χ3v) is 5.14. The lowest BCUT2D eigenvalue weighted by molar-refractivity contribution is -0.149. The van der Waals surface area contributed by atoms with Gasteiger partial charge in [-0.15, -0.1) is 0 Å². The summed E-state index contributed by atoms with van der Waals surface area (Å²) in [6.07, 6.45) is 2.54. The molecule has 0 spiro atoms. The molecule has 23 heavy (non-hydrogen) atoms. The maximum Gasteiger partial charge on any atom is 0.311 e. The van der Waals surface area contributed by atoms with Crippen molar-refractivity contribution >= 4 is 11.9 Å². The molecule has 1 saturated carbocycles. The fraction of sp³-hybridized carbons (Fsp3) is 0.882. The first kappa shape index (κ1) is 19.9. The van der Waals surface area contributed by atoms with E-state index in [4.69, 9.17) is 10.5 Å². The van der Waals surface area contributed by atoms with Gasteiger partial charge in [-0.3, -0.25) is 9.59 Å². The molecule has 6 nitrogen and oxygen atoms in total. The summed E-state index contributed by atoms with van der Waals surface area (Å²) in [5.74, 6) is -0.378. The minimum atomic E-state index is -0.746. The zero-order valence-electron chi connectivity index (χ0n) is 14.7. The number of hydrogen-bond donors (Lipinski definition) is 3. The van der Waals surface area contributed by atoms with E-state index in [1.165, 1.54) is 14.0 Å². The Hall–Kier alpha value is -1.14. The summed E-state index contributed by atoms with van der Waals surface area (Å²) in [5, 5.41) is 13.3. The van der Waals surface area contributed by atoms with Gasteiger partial charge in [0.1, 0.15) is 0 Å². The van der Waals surface area contributed by atoms with Gasteiger partial charge in [-0.2, -0.15) is 0 Å². The molecule has 4 N–H and O–H groups in total. The number of aliphatic hydroxyl groups excluding tert-OH is 1. The van der Waals surface area contributed by atoms with Crippen LogP contribution in [0.3, 0.4) is 0 Å². The highest BCUT2D eigenvalue weighted by Crippen LogP contribution is 2.38. The SMILES string of the molecule is CCCC(C[C@H]1[C@H](O)[C@@H](C(=O)OC)C[C@H]1N)C(C)CNC(C)=O. The van der Waals surface area contributed by atoms with Crippen LogP contribution in [-0.2, 0) is 14.3 Å². The normalized spacial score (nSPS) is 29.8. The molecule has 0 saturated heterocycles. The van der Waals surface area contributed by atoms with Gasteiger partial charge in [0, 0.05) is 25.4 Å². The highest BCUT2D eigenvalue weighted by molar-refractivity contribution is 5.73. The van der Waals surface area contributed by atoms with Gasteiger partial charge in [-0.1, -0.05) is 26.7 Å². The monoisotopic (exact) mass is 328 g/mol. The first-order valence-electron chi connectivity index (χ1n) is 8.57. The fourth-order valence-corrected chi connectivity index (χ4v) is 3.69. The van der Waals surface area contributed by atoms with Crippen LogP contribution in [-0.4, -0.2) is 42.8 Å². The number of esters is 1. The lowest BCUT2D eigenvalue weighted by Crippen LogP contribution is -2.36. The van der Waals surface area contributed by atoms with Gasteiger partial charge in [0.2, 0.25) is 5.91 Å². The average molecular weight is 328 g/mol. The maximum atomic E-state index is 11.8. The van der Waals surface area contributed by atoms with Crippen LogP contribution >= 0.6 is 0 Å². The quantitative estimate of drug-likeness (QED) is 0.578. The largest absolute Gasteiger partial charge is 0.469 e. The van der Waals surface area contributed by atoms with E-state index in [1.54, 1.807) is 0 Å². The Labute approximate surface area is 139 Å². The Morgan fingerprint density at radius 2 is 2.09 bits per heavy atom. The molecule has 0 radical (unpaired) electrons. The molecule has 6 heteroatoms. The van der Waals surface area contributed by atoms with Crippen molar-refractivity contribution in [3.63, 3.8) is 0 Å². The van der Waals surface area contributed by atoms with Crippen molar-refractivity contribution in [2.24, 2.45) is 29.4 Å².